The first-order valence-corrected chi connectivity index (χ1v) is 4.33. The summed E-state index contributed by atoms with van der Waals surface area (Å²) in [6.07, 6.45) is 4.52. The molecule has 0 saturated carbocycles. The van der Waals surface area contributed by atoms with Crippen molar-refractivity contribution in [2.45, 2.75) is 6.92 Å². The number of hydrogen-bond donors (Lipinski definition) is 1. The van der Waals surface area contributed by atoms with Crippen molar-refractivity contribution in [2.24, 2.45) is 4.99 Å². The maximum atomic E-state index is 11.4. The maximum Gasteiger partial charge on any atom is 0.264 e. The second kappa shape index (κ2) is 4.59. The molecular weight excluding hydrogens is 193 g/mol. The summed E-state index contributed by atoms with van der Waals surface area (Å²) in [6, 6.07) is 0. The maximum absolute atomic E-state index is 11.4. The highest BCUT2D eigenvalue weighted by Gasteiger charge is 2.33. The normalized spacial score (nSPS) is 17.6. The molecule has 0 aromatic heterocycles. The summed E-state index contributed by atoms with van der Waals surface area (Å²) in [5.74, 6) is -1.11. The van der Waals surface area contributed by atoms with Crippen molar-refractivity contribution in [2.75, 3.05) is 7.05 Å². The quantitative estimate of drug-likeness (QED) is 0.382. The predicted molar refractivity (Wildman–Crippen MR) is 57.0 cm³/mol. The minimum absolute atomic E-state index is 0.163. The fourth-order valence-corrected chi connectivity index (χ4v) is 1.13. The summed E-state index contributed by atoms with van der Waals surface area (Å²) >= 11 is 0. The van der Waals surface area contributed by atoms with Gasteiger partial charge in [-0.05, 0) is 6.92 Å². The SMILES string of the molecule is [B]N1C(=O)C(C=N/C=C/C)=C(NC)C1=O. The molecule has 76 valence electrons. The summed E-state index contributed by atoms with van der Waals surface area (Å²) in [7, 11) is 6.80. The van der Waals surface area contributed by atoms with Gasteiger partial charge in [-0.3, -0.25) is 14.6 Å². The van der Waals surface area contributed by atoms with Gasteiger partial charge in [0.25, 0.3) is 11.8 Å². The highest BCUT2D eigenvalue weighted by Crippen LogP contribution is 2.14. The fraction of sp³-hybridized carbons (Fsp3) is 0.222. The number of imide groups is 1. The molecule has 5 nitrogen and oxygen atoms in total. The molecule has 1 aliphatic rings. The Balaban J connectivity index is 3.06. The Labute approximate surface area is 89.0 Å². The van der Waals surface area contributed by atoms with Crippen molar-refractivity contribution < 1.29 is 9.59 Å². The van der Waals surface area contributed by atoms with Crippen LogP contribution in [0.4, 0.5) is 0 Å². The number of rotatable bonds is 3. The molecule has 0 aliphatic carbocycles. The average molecular weight is 203 g/mol. The smallest absolute Gasteiger partial charge is 0.264 e. The second-order valence-corrected chi connectivity index (χ2v) is 2.78. The van der Waals surface area contributed by atoms with E-state index in [4.69, 9.17) is 7.98 Å². The van der Waals surface area contributed by atoms with E-state index >= 15 is 0 Å². The largest absolute Gasteiger partial charge is 0.383 e. The molecule has 0 unspecified atom stereocenters. The summed E-state index contributed by atoms with van der Waals surface area (Å²) in [6.45, 7) is 1.79. The third-order valence-electron chi connectivity index (χ3n) is 1.84. The van der Waals surface area contributed by atoms with Gasteiger partial charge in [-0.1, -0.05) is 6.08 Å². The Morgan fingerprint density at radius 1 is 1.40 bits per heavy atom. The van der Waals surface area contributed by atoms with Gasteiger partial charge in [0, 0.05) is 19.5 Å². The zero-order chi connectivity index (χ0) is 11.4. The van der Waals surface area contributed by atoms with Crippen molar-refractivity contribution >= 4 is 26.0 Å². The van der Waals surface area contributed by atoms with Crippen molar-refractivity contribution in [1.82, 2.24) is 10.1 Å². The van der Waals surface area contributed by atoms with Gasteiger partial charge in [-0.15, -0.1) is 0 Å². The molecule has 15 heavy (non-hydrogen) atoms. The van der Waals surface area contributed by atoms with Gasteiger partial charge in [0.15, 0.2) is 0 Å². The van der Waals surface area contributed by atoms with Crippen LogP contribution in [0.3, 0.4) is 0 Å². The lowest BCUT2D eigenvalue weighted by molar-refractivity contribution is -0.131. The number of carbonyl (C=O) groups is 2. The minimum Gasteiger partial charge on any atom is -0.383 e. The van der Waals surface area contributed by atoms with Gasteiger partial charge in [0.05, 0.1) is 5.57 Å². The van der Waals surface area contributed by atoms with Crippen molar-refractivity contribution in [3.05, 3.63) is 23.5 Å². The molecule has 1 heterocycles. The van der Waals surface area contributed by atoms with Crippen LogP contribution in [0.25, 0.3) is 0 Å². The Morgan fingerprint density at radius 2 is 2.07 bits per heavy atom. The van der Waals surface area contributed by atoms with Crippen LogP contribution in [0.15, 0.2) is 28.5 Å². The molecule has 0 aromatic carbocycles. The number of allylic oxidation sites excluding steroid dienone is 1. The van der Waals surface area contributed by atoms with E-state index in [1.54, 1.807) is 20.0 Å². The molecule has 0 bridgehead atoms. The van der Waals surface area contributed by atoms with Crippen molar-refractivity contribution in [3.8, 4) is 0 Å². The lowest BCUT2D eigenvalue weighted by Crippen LogP contribution is -2.30. The predicted octanol–water partition coefficient (Wildman–Crippen LogP) is -0.483. The van der Waals surface area contributed by atoms with E-state index in [2.05, 4.69) is 10.3 Å². The van der Waals surface area contributed by atoms with Crippen LogP contribution < -0.4 is 5.32 Å². The Morgan fingerprint density at radius 3 is 2.60 bits per heavy atom. The number of carbonyl (C=O) groups excluding carboxylic acids is 2. The van der Waals surface area contributed by atoms with Crippen LogP contribution in [0.5, 0.6) is 0 Å². The standard InChI is InChI=1S/C9H10BN3O2/c1-3-4-12-5-6-7(11-2)9(15)13(10)8(6)14/h3-5,11H,1-2H3/b4-3+,12-5?. The molecule has 2 amide bonds. The summed E-state index contributed by atoms with van der Waals surface area (Å²) in [4.78, 5) is 27.2. The topological polar surface area (TPSA) is 61.8 Å². The fourth-order valence-electron chi connectivity index (χ4n) is 1.13. The van der Waals surface area contributed by atoms with Crippen LogP contribution in [-0.2, 0) is 9.59 Å². The molecule has 2 radical (unpaired) electrons. The van der Waals surface area contributed by atoms with Gasteiger partial charge in [-0.25, -0.2) is 0 Å². The summed E-state index contributed by atoms with van der Waals surface area (Å²) < 4.78 is 0. The van der Waals surface area contributed by atoms with Crippen LogP contribution in [0.1, 0.15) is 6.92 Å². The molecule has 1 aliphatic heterocycles. The second-order valence-electron chi connectivity index (χ2n) is 2.78. The number of aliphatic imine (C=N–C) groups is 1. The Hall–Kier alpha value is -1.85. The van der Waals surface area contributed by atoms with Crippen LogP contribution >= 0.6 is 0 Å². The van der Waals surface area contributed by atoms with E-state index in [-0.39, 0.29) is 11.3 Å². The molecular formula is C9H10BN3O2. The van der Waals surface area contributed by atoms with E-state index < -0.39 is 11.8 Å². The average Bonchev–Trinajstić information content (AvgIpc) is 2.44. The number of amides is 2. The third-order valence-corrected chi connectivity index (χ3v) is 1.84. The summed E-state index contributed by atoms with van der Waals surface area (Å²) in [5.41, 5.74) is 0.332. The molecule has 0 fully saturated rings. The van der Waals surface area contributed by atoms with Gasteiger partial charge in [0.2, 0.25) is 7.98 Å². The zero-order valence-corrected chi connectivity index (χ0v) is 8.52. The Bertz CT molecular complexity index is 385. The van der Waals surface area contributed by atoms with Crippen molar-refractivity contribution in [1.29, 1.82) is 0 Å². The molecule has 0 atom stereocenters. The number of nitrogens with zero attached hydrogens (tertiary/aromatic N) is 2. The van der Waals surface area contributed by atoms with E-state index in [9.17, 15) is 9.59 Å². The highest BCUT2D eigenvalue weighted by atomic mass is 16.2. The first-order valence-electron chi connectivity index (χ1n) is 4.33. The lowest BCUT2D eigenvalue weighted by Gasteiger charge is -2.05. The molecule has 1 N–H and O–H groups in total. The van der Waals surface area contributed by atoms with Crippen LogP contribution in [0, 0.1) is 0 Å². The molecule has 6 heteroatoms. The van der Waals surface area contributed by atoms with Gasteiger partial charge in [-0.2, -0.15) is 0 Å². The van der Waals surface area contributed by atoms with E-state index in [1.165, 1.54) is 12.4 Å². The number of likely N-dealkylation sites (N-methyl/N-ethyl adjacent to an activating group) is 1. The highest BCUT2D eigenvalue weighted by molar-refractivity contribution is 6.39. The van der Waals surface area contributed by atoms with E-state index in [1.807, 2.05) is 0 Å². The third kappa shape index (κ3) is 1.98. The van der Waals surface area contributed by atoms with Gasteiger partial charge < -0.3 is 10.1 Å². The van der Waals surface area contributed by atoms with Crippen LogP contribution in [-0.4, -0.2) is 37.9 Å². The van der Waals surface area contributed by atoms with Crippen molar-refractivity contribution in [3.63, 3.8) is 0 Å². The number of nitrogens with one attached hydrogen (secondary N) is 1. The van der Waals surface area contributed by atoms with E-state index in [0.29, 0.717) is 4.81 Å². The summed E-state index contributed by atoms with van der Waals surface area (Å²) in [5, 5.41) is 2.62. The lowest BCUT2D eigenvalue weighted by atomic mass is 10.2. The molecule has 0 aromatic rings. The minimum atomic E-state index is -0.558. The van der Waals surface area contributed by atoms with Gasteiger partial charge >= 0.3 is 0 Å². The Kier molecular flexibility index (Phi) is 3.44. The monoisotopic (exact) mass is 203 g/mol. The van der Waals surface area contributed by atoms with Gasteiger partial charge in [0.1, 0.15) is 5.70 Å². The van der Waals surface area contributed by atoms with E-state index in [0.717, 1.165) is 0 Å². The first-order chi connectivity index (χ1) is 7.13. The zero-order valence-electron chi connectivity index (χ0n) is 8.52. The first kappa shape index (κ1) is 11.2. The number of hydrogen-bond acceptors (Lipinski definition) is 4. The molecule has 0 spiro atoms. The molecule has 0 saturated heterocycles. The molecule has 1 rings (SSSR count). The van der Waals surface area contributed by atoms with Crippen LogP contribution in [0.2, 0.25) is 0 Å².